The molecule has 0 atom stereocenters. The number of amidine groups is 1. The SMILES string of the molecule is C=CN=C1COCCN1C=C.CC. The summed E-state index contributed by atoms with van der Waals surface area (Å²) < 4.78 is 5.20. The molecule has 0 radical (unpaired) electrons. The predicted molar refractivity (Wildman–Crippen MR) is 56.7 cm³/mol. The van der Waals surface area contributed by atoms with Gasteiger partial charge in [-0.1, -0.05) is 27.0 Å². The third-order valence-corrected chi connectivity index (χ3v) is 1.50. The first-order chi connectivity index (χ1) is 6.38. The molecule has 1 aliphatic heterocycles. The van der Waals surface area contributed by atoms with Crippen LogP contribution in [0.4, 0.5) is 0 Å². The highest BCUT2D eigenvalue weighted by molar-refractivity contribution is 5.85. The summed E-state index contributed by atoms with van der Waals surface area (Å²) in [6.07, 6.45) is 3.27. The van der Waals surface area contributed by atoms with Gasteiger partial charge in [-0.2, -0.15) is 0 Å². The van der Waals surface area contributed by atoms with Crippen molar-refractivity contribution in [3.63, 3.8) is 0 Å². The van der Waals surface area contributed by atoms with Gasteiger partial charge in [-0.05, 0) is 6.20 Å². The Balaban J connectivity index is 0.000000671. The molecule has 0 spiro atoms. The van der Waals surface area contributed by atoms with Gasteiger partial charge in [-0.3, -0.25) is 0 Å². The van der Waals surface area contributed by atoms with Crippen molar-refractivity contribution in [2.24, 2.45) is 4.99 Å². The van der Waals surface area contributed by atoms with Crippen LogP contribution >= 0.6 is 0 Å². The fourth-order valence-electron chi connectivity index (χ4n) is 0.952. The van der Waals surface area contributed by atoms with Crippen LogP contribution in [0.2, 0.25) is 0 Å². The van der Waals surface area contributed by atoms with E-state index in [0.29, 0.717) is 6.61 Å². The summed E-state index contributed by atoms with van der Waals surface area (Å²) in [6, 6.07) is 0. The van der Waals surface area contributed by atoms with Crippen molar-refractivity contribution in [3.8, 4) is 0 Å². The highest BCUT2D eigenvalue weighted by Gasteiger charge is 2.12. The lowest BCUT2D eigenvalue weighted by Crippen LogP contribution is -2.37. The molecule has 3 nitrogen and oxygen atoms in total. The van der Waals surface area contributed by atoms with E-state index >= 15 is 0 Å². The van der Waals surface area contributed by atoms with Crippen LogP contribution in [-0.2, 0) is 4.74 Å². The molecular weight excluding hydrogens is 164 g/mol. The minimum Gasteiger partial charge on any atom is -0.372 e. The molecule has 0 N–H and O–H groups in total. The second kappa shape index (κ2) is 7.55. The molecular formula is C10H18N2O. The molecule has 1 fully saturated rings. The summed E-state index contributed by atoms with van der Waals surface area (Å²) >= 11 is 0. The lowest BCUT2D eigenvalue weighted by Gasteiger charge is -2.26. The van der Waals surface area contributed by atoms with Gasteiger partial charge in [0.15, 0.2) is 0 Å². The lowest BCUT2D eigenvalue weighted by atomic mass is 10.4. The number of ether oxygens (including phenoxy) is 1. The molecule has 1 saturated heterocycles. The Hall–Kier alpha value is -1.09. The molecule has 0 bridgehead atoms. The summed E-state index contributed by atoms with van der Waals surface area (Å²) in [7, 11) is 0. The van der Waals surface area contributed by atoms with Crippen LogP contribution in [0.25, 0.3) is 0 Å². The van der Waals surface area contributed by atoms with E-state index in [1.54, 1.807) is 6.20 Å². The number of aliphatic imine (C=N–C) groups is 1. The maximum atomic E-state index is 5.20. The fourth-order valence-corrected chi connectivity index (χ4v) is 0.952. The van der Waals surface area contributed by atoms with Crippen molar-refractivity contribution >= 4 is 5.84 Å². The van der Waals surface area contributed by atoms with E-state index < -0.39 is 0 Å². The predicted octanol–water partition coefficient (Wildman–Crippen LogP) is 2.03. The van der Waals surface area contributed by atoms with Crippen LogP contribution in [-0.4, -0.2) is 30.5 Å². The minimum atomic E-state index is 0.554. The maximum absolute atomic E-state index is 5.20. The van der Waals surface area contributed by atoms with Gasteiger partial charge in [0.2, 0.25) is 0 Å². The summed E-state index contributed by atoms with van der Waals surface area (Å²) in [5.74, 6) is 0.876. The number of morpholine rings is 1. The van der Waals surface area contributed by atoms with E-state index in [9.17, 15) is 0 Å². The summed E-state index contributed by atoms with van der Waals surface area (Å²) in [5, 5.41) is 0. The highest BCUT2D eigenvalue weighted by atomic mass is 16.5. The van der Waals surface area contributed by atoms with Crippen LogP contribution < -0.4 is 0 Å². The zero-order valence-electron chi connectivity index (χ0n) is 8.49. The molecule has 0 aliphatic carbocycles. The Kier molecular flexibility index (Phi) is 6.92. The molecule has 1 heterocycles. The van der Waals surface area contributed by atoms with Gasteiger partial charge in [-0.15, -0.1) is 0 Å². The standard InChI is InChI=1S/C8H12N2O.C2H6/c1-3-9-8-7-11-6-5-10(8)4-2;1-2/h3-4H,1-2,5-7H2;1-2H3. The molecule has 0 aromatic carbocycles. The zero-order chi connectivity index (χ0) is 10.1. The molecule has 0 saturated carbocycles. The van der Waals surface area contributed by atoms with E-state index in [1.165, 1.54) is 6.20 Å². The van der Waals surface area contributed by atoms with E-state index in [1.807, 2.05) is 18.7 Å². The van der Waals surface area contributed by atoms with Gasteiger partial charge in [0.1, 0.15) is 12.4 Å². The van der Waals surface area contributed by atoms with Crippen molar-refractivity contribution in [1.82, 2.24) is 4.90 Å². The molecule has 1 rings (SSSR count). The Bertz CT molecular complexity index is 187. The average molecular weight is 182 g/mol. The molecule has 1 aliphatic rings. The number of hydrogen-bond donors (Lipinski definition) is 0. The second-order valence-corrected chi connectivity index (χ2v) is 2.16. The molecule has 0 amide bonds. The maximum Gasteiger partial charge on any atom is 0.134 e. The summed E-state index contributed by atoms with van der Waals surface area (Å²) in [4.78, 5) is 6.01. The Labute approximate surface area is 80.4 Å². The zero-order valence-corrected chi connectivity index (χ0v) is 8.49. The Morgan fingerprint density at radius 1 is 1.46 bits per heavy atom. The quantitative estimate of drug-likeness (QED) is 0.652. The van der Waals surface area contributed by atoms with E-state index in [0.717, 1.165) is 19.0 Å². The Morgan fingerprint density at radius 2 is 2.15 bits per heavy atom. The van der Waals surface area contributed by atoms with E-state index in [4.69, 9.17) is 4.74 Å². The fraction of sp³-hybridized carbons (Fsp3) is 0.500. The van der Waals surface area contributed by atoms with E-state index in [-0.39, 0.29) is 0 Å². The first-order valence-corrected chi connectivity index (χ1v) is 4.53. The van der Waals surface area contributed by atoms with Crippen molar-refractivity contribution in [2.75, 3.05) is 19.8 Å². The first-order valence-electron chi connectivity index (χ1n) is 4.53. The molecule has 13 heavy (non-hydrogen) atoms. The van der Waals surface area contributed by atoms with Gasteiger partial charge in [0, 0.05) is 12.7 Å². The Morgan fingerprint density at radius 3 is 2.69 bits per heavy atom. The number of nitrogens with zero attached hydrogens (tertiary/aromatic N) is 2. The van der Waals surface area contributed by atoms with Crippen molar-refractivity contribution in [1.29, 1.82) is 0 Å². The molecule has 0 aromatic heterocycles. The molecule has 74 valence electrons. The second-order valence-electron chi connectivity index (χ2n) is 2.16. The van der Waals surface area contributed by atoms with Crippen LogP contribution in [0.1, 0.15) is 13.8 Å². The first kappa shape index (κ1) is 11.9. The number of rotatable bonds is 2. The third-order valence-electron chi connectivity index (χ3n) is 1.50. The van der Waals surface area contributed by atoms with E-state index in [2.05, 4.69) is 18.2 Å². The monoisotopic (exact) mass is 182 g/mol. The lowest BCUT2D eigenvalue weighted by molar-refractivity contribution is 0.130. The normalized spacial score (nSPS) is 18.9. The van der Waals surface area contributed by atoms with Crippen LogP contribution in [0.5, 0.6) is 0 Å². The van der Waals surface area contributed by atoms with Crippen molar-refractivity contribution in [3.05, 3.63) is 25.6 Å². The van der Waals surface area contributed by atoms with Crippen molar-refractivity contribution in [2.45, 2.75) is 13.8 Å². The van der Waals surface area contributed by atoms with Gasteiger partial charge < -0.3 is 9.64 Å². The topological polar surface area (TPSA) is 24.8 Å². The minimum absolute atomic E-state index is 0.554. The van der Waals surface area contributed by atoms with Crippen LogP contribution in [0, 0.1) is 0 Å². The summed E-state index contributed by atoms with van der Waals surface area (Å²) in [6.45, 7) is 13.3. The highest BCUT2D eigenvalue weighted by Crippen LogP contribution is 2.00. The molecule has 0 aromatic rings. The van der Waals surface area contributed by atoms with Gasteiger partial charge >= 0.3 is 0 Å². The van der Waals surface area contributed by atoms with Crippen LogP contribution in [0.15, 0.2) is 30.6 Å². The smallest absolute Gasteiger partial charge is 0.134 e. The largest absolute Gasteiger partial charge is 0.372 e. The van der Waals surface area contributed by atoms with Crippen molar-refractivity contribution < 1.29 is 4.74 Å². The van der Waals surface area contributed by atoms with Gasteiger partial charge in [0.05, 0.1) is 6.61 Å². The van der Waals surface area contributed by atoms with Crippen LogP contribution in [0.3, 0.4) is 0 Å². The molecule has 3 heteroatoms. The number of hydrogen-bond acceptors (Lipinski definition) is 2. The summed E-state index contributed by atoms with van der Waals surface area (Å²) in [5.41, 5.74) is 0. The third kappa shape index (κ3) is 3.90. The average Bonchev–Trinajstić information content (AvgIpc) is 2.22. The van der Waals surface area contributed by atoms with Gasteiger partial charge in [0.25, 0.3) is 0 Å². The van der Waals surface area contributed by atoms with Gasteiger partial charge in [-0.25, -0.2) is 4.99 Å². The molecule has 0 unspecified atom stereocenters.